The van der Waals surface area contributed by atoms with Gasteiger partial charge in [0.2, 0.25) is 0 Å². The van der Waals surface area contributed by atoms with Gasteiger partial charge in [0.1, 0.15) is 22.7 Å². The maximum absolute atomic E-state index is 13.2. The van der Waals surface area contributed by atoms with Gasteiger partial charge in [0, 0.05) is 0 Å². The zero-order valence-corrected chi connectivity index (χ0v) is 11.5. The smallest absolute Gasteiger partial charge is 0.313 e. The number of hydrogen-bond donors (Lipinski definition) is 0. The molecule has 0 saturated heterocycles. The van der Waals surface area contributed by atoms with E-state index in [4.69, 9.17) is 0 Å². The summed E-state index contributed by atoms with van der Waals surface area (Å²) >= 11 is 0. The molecule has 1 aromatic carbocycles. The predicted molar refractivity (Wildman–Crippen MR) is 64.9 cm³/mol. The molecule has 0 fully saturated rings. The summed E-state index contributed by atoms with van der Waals surface area (Å²) in [7, 11) is -4.17. The molecular weight excluding hydrogens is 325 g/mol. The number of benzene rings is 1. The highest BCUT2D eigenvalue weighted by atomic mass is 32.2. The SMILES string of the molecule is O=C1c2cc(F)ccc2S(=O)(=O)N1Cc1coc(C(F)F)n1. The number of oxazole rings is 1. The molecule has 0 saturated carbocycles. The number of carbonyl (C=O) groups excluding carboxylic acids is 1. The van der Waals surface area contributed by atoms with Gasteiger partial charge >= 0.3 is 6.43 Å². The lowest BCUT2D eigenvalue weighted by Gasteiger charge is -2.12. The normalized spacial score (nSPS) is 16.4. The van der Waals surface area contributed by atoms with Gasteiger partial charge in [-0.15, -0.1) is 0 Å². The summed E-state index contributed by atoms with van der Waals surface area (Å²) < 4.78 is 67.3. The Labute approximate surface area is 122 Å². The standard InChI is InChI=1S/C12H7F3N2O4S/c13-6-1-2-9-8(3-6)12(18)17(22(9,19)20)4-7-5-21-11(16-7)10(14)15/h1-3,5,10H,4H2. The molecule has 0 atom stereocenters. The minimum absolute atomic E-state index is 0.152. The summed E-state index contributed by atoms with van der Waals surface area (Å²) in [6.07, 6.45) is -2.11. The van der Waals surface area contributed by atoms with E-state index >= 15 is 0 Å². The molecule has 1 aliphatic rings. The van der Waals surface area contributed by atoms with E-state index in [1.165, 1.54) is 0 Å². The van der Waals surface area contributed by atoms with Gasteiger partial charge in [-0.25, -0.2) is 22.1 Å². The molecule has 1 aromatic heterocycles. The first-order valence-corrected chi connectivity index (χ1v) is 7.34. The van der Waals surface area contributed by atoms with E-state index < -0.39 is 40.6 Å². The van der Waals surface area contributed by atoms with E-state index in [2.05, 4.69) is 9.40 Å². The zero-order valence-electron chi connectivity index (χ0n) is 10.7. The Morgan fingerprint density at radius 2 is 2.05 bits per heavy atom. The third-order valence-corrected chi connectivity index (χ3v) is 4.82. The maximum Gasteiger partial charge on any atom is 0.313 e. The van der Waals surface area contributed by atoms with E-state index in [0.29, 0.717) is 4.31 Å². The third-order valence-electron chi connectivity index (χ3n) is 3.03. The van der Waals surface area contributed by atoms with Crippen LogP contribution < -0.4 is 0 Å². The van der Waals surface area contributed by atoms with Crippen LogP contribution in [0.25, 0.3) is 0 Å². The largest absolute Gasteiger partial charge is 0.443 e. The lowest BCUT2D eigenvalue weighted by molar-refractivity contribution is 0.0863. The second kappa shape index (κ2) is 4.83. The first kappa shape index (κ1) is 14.6. The summed E-state index contributed by atoms with van der Waals surface area (Å²) in [5, 5.41) is 0. The topological polar surface area (TPSA) is 80.5 Å². The van der Waals surface area contributed by atoms with Crippen LogP contribution in [0.3, 0.4) is 0 Å². The summed E-state index contributed by atoms with van der Waals surface area (Å²) in [4.78, 5) is 15.2. The molecular formula is C12H7F3N2O4S. The molecule has 0 bridgehead atoms. The maximum atomic E-state index is 13.2. The van der Waals surface area contributed by atoms with E-state index in [-0.39, 0.29) is 16.2 Å². The van der Waals surface area contributed by atoms with Crippen LogP contribution in [0.2, 0.25) is 0 Å². The average molecular weight is 332 g/mol. The second-order valence-electron chi connectivity index (χ2n) is 4.44. The average Bonchev–Trinajstić information content (AvgIpc) is 2.98. The van der Waals surface area contributed by atoms with Crippen molar-refractivity contribution in [1.29, 1.82) is 0 Å². The predicted octanol–water partition coefficient (Wildman–Crippen LogP) is 2.10. The Bertz CT molecular complexity index is 863. The molecule has 0 unspecified atom stereocenters. The summed E-state index contributed by atoms with van der Waals surface area (Å²) in [6.45, 7) is -0.576. The van der Waals surface area contributed by atoms with Crippen molar-refractivity contribution in [2.75, 3.05) is 0 Å². The Morgan fingerprint density at radius 3 is 2.68 bits per heavy atom. The van der Waals surface area contributed by atoms with Crippen LogP contribution in [0.4, 0.5) is 13.2 Å². The lowest BCUT2D eigenvalue weighted by Crippen LogP contribution is -2.29. The quantitative estimate of drug-likeness (QED) is 0.860. The van der Waals surface area contributed by atoms with Crippen molar-refractivity contribution in [2.24, 2.45) is 0 Å². The van der Waals surface area contributed by atoms with E-state index in [0.717, 1.165) is 24.5 Å². The number of amides is 1. The molecule has 2 aromatic rings. The lowest BCUT2D eigenvalue weighted by atomic mass is 10.2. The fourth-order valence-electron chi connectivity index (χ4n) is 2.06. The molecule has 0 radical (unpaired) electrons. The van der Waals surface area contributed by atoms with Crippen LogP contribution in [0, 0.1) is 5.82 Å². The van der Waals surface area contributed by atoms with E-state index in [1.54, 1.807) is 0 Å². The van der Waals surface area contributed by atoms with Gasteiger partial charge in [0.15, 0.2) is 0 Å². The van der Waals surface area contributed by atoms with Crippen LogP contribution >= 0.6 is 0 Å². The number of nitrogens with zero attached hydrogens (tertiary/aromatic N) is 2. The highest BCUT2D eigenvalue weighted by Crippen LogP contribution is 2.32. The number of alkyl halides is 2. The summed E-state index contributed by atoms with van der Waals surface area (Å²) in [6, 6.07) is 2.70. The van der Waals surface area contributed by atoms with Crippen molar-refractivity contribution < 1.29 is 30.8 Å². The van der Waals surface area contributed by atoms with Crippen LogP contribution in [0.15, 0.2) is 33.8 Å². The van der Waals surface area contributed by atoms with E-state index in [1.807, 2.05) is 0 Å². The fourth-order valence-corrected chi connectivity index (χ4v) is 3.58. The van der Waals surface area contributed by atoms with Crippen molar-refractivity contribution in [3.63, 3.8) is 0 Å². The van der Waals surface area contributed by atoms with Crippen LogP contribution in [-0.4, -0.2) is 23.6 Å². The van der Waals surface area contributed by atoms with Gasteiger partial charge in [-0.3, -0.25) is 4.79 Å². The highest BCUT2D eigenvalue weighted by Gasteiger charge is 2.41. The summed E-state index contributed by atoms with van der Waals surface area (Å²) in [5.41, 5.74) is -0.460. The molecule has 2 heterocycles. The van der Waals surface area contributed by atoms with Gasteiger partial charge in [-0.1, -0.05) is 0 Å². The van der Waals surface area contributed by atoms with Gasteiger partial charge in [-0.2, -0.15) is 8.78 Å². The number of sulfonamides is 1. The third kappa shape index (κ3) is 2.15. The minimum Gasteiger partial charge on any atom is -0.443 e. The molecule has 0 spiro atoms. The Balaban J connectivity index is 1.97. The number of rotatable bonds is 3. The Hall–Kier alpha value is -2.36. The van der Waals surface area contributed by atoms with E-state index in [9.17, 15) is 26.4 Å². The molecule has 22 heavy (non-hydrogen) atoms. The van der Waals surface area contributed by atoms with Crippen LogP contribution in [0.5, 0.6) is 0 Å². The minimum atomic E-state index is -4.17. The van der Waals surface area contributed by atoms with Crippen molar-refractivity contribution in [3.05, 3.63) is 47.4 Å². The molecule has 10 heteroatoms. The Kier molecular flexibility index (Phi) is 3.20. The number of aromatic nitrogens is 1. The molecule has 6 nitrogen and oxygen atoms in total. The molecule has 3 rings (SSSR count). The summed E-state index contributed by atoms with van der Waals surface area (Å²) in [5.74, 6) is -2.58. The van der Waals surface area contributed by atoms with Crippen molar-refractivity contribution in [3.8, 4) is 0 Å². The highest BCUT2D eigenvalue weighted by molar-refractivity contribution is 7.90. The number of halogens is 3. The first-order chi connectivity index (χ1) is 10.3. The molecule has 116 valence electrons. The zero-order chi connectivity index (χ0) is 16.1. The van der Waals surface area contributed by atoms with Gasteiger partial charge in [0.05, 0.1) is 12.1 Å². The first-order valence-electron chi connectivity index (χ1n) is 5.90. The van der Waals surface area contributed by atoms with Crippen molar-refractivity contribution in [2.45, 2.75) is 17.9 Å². The number of carbonyl (C=O) groups is 1. The monoisotopic (exact) mass is 332 g/mol. The Morgan fingerprint density at radius 1 is 1.32 bits per heavy atom. The van der Waals surface area contributed by atoms with Crippen LogP contribution in [0.1, 0.15) is 28.4 Å². The van der Waals surface area contributed by atoms with Gasteiger partial charge in [-0.05, 0) is 18.2 Å². The van der Waals surface area contributed by atoms with Gasteiger partial charge in [0.25, 0.3) is 21.8 Å². The second-order valence-corrected chi connectivity index (χ2v) is 6.27. The number of fused-ring (bicyclic) bond motifs is 1. The molecule has 0 N–H and O–H groups in total. The van der Waals surface area contributed by atoms with Crippen LogP contribution in [-0.2, 0) is 16.6 Å². The number of hydrogen-bond acceptors (Lipinski definition) is 5. The molecule has 0 aliphatic carbocycles. The fraction of sp³-hybridized carbons (Fsp3) is 0.167. The molecule has 1 aliphatic heterocycles. The van der Waals surface area contributed by atoms with Gasteiger partial charge < -0.3 is 4.42 Å². The van der Waals surface area contributed by atoms with Crippen molar-refractivity contribution >= 4 is 15.9 Å². The van der Waals surface area contributed by atoms with Crippen molar-refractivity contribution in [1.82, 2.24) is 9.29 Å². The molecule has 1 amide bonds.